The van der Waals surface area contributed by atoms with Gasteiger partial charge in [0.05, 0.1) is 19.4 Å². The lowest BCUT2D eigenvalue weighted by Crippen LogP contribution is -2.37. The third-order valence-corrected chi connectivity index (χ3v) is 4.85. The number of anilines is 2. The Morgan fingerprint density at radius 3 is 2.43 bits per heavy atom. The van der Waals surface area contributed by atoms with Gasteiger partial charge in [-0.15, -0.1) is 5.10 Å². The van der Waals surface area contributed by atoms with Crippen LogP contribution < -0.4 is 10.3 Å². The molecule has 0 radical (unpaired) electrons. The molecule has 0 aliphatic carbocycles. The number of hydrogen-bond acceptors (Lipinski definition) is 7. The van der Waals surface area contributed by atoms with Crippen molar-refractivity contribution in [3.05, 3.63) is 72.3 Å². The number of nitrogens with one attached hydrogen (secondary N) is 1. The van der Waals surface area contributed by atoms with Crippen LogP contribution in [0.15, 0.2) is 71.8 Å². The maximum absolute atomic E-state index is 5.51. The highest BCUT2D eigenvalue weighted by Crippen LogP contribution is 2.23. The Kier molecular flexibility index (Phi) is 5.05. The molecule has 0 saturated carbocycles. The van der Waals surface area contributed by atoms with Crippen molar-refractivity contribution in [2.24, 2.45) is 5.10 Å². The van der Waals surface area contributed by atoms with E-state index < -0.39 is 0 Å². The number of benzene rings is 2. The normalized spacial score (nSPS) is 14.5. The SMILES string of the molecule is C(=N\Nc1cc(N2CCOCC2)n2nc(-c3ccccc3)nc2n1)/c1ccccc1. The van der Waals surface area contributed by atoms with Crippen molar-refractivity contribution in [1.82, 2.24) is 19.6 Å². The van der Waals surface area contributed by atoms with Gasteiger partial charge in [0, 0.05) is 24.7 Å². The third kappa shape index (κ3) is 3.85. The van der Waals surface area contributed by atoms with E-state index >= 15 is 0 Å². The van der Waals surface area contributed by atoms with Crippen LogP contribution >= 0.6 is 0 Å². The molecule has 3 heterocycles. The van der Waals surface area contributed by atoms with Crippen molar-refractivity contribution < 1.29 is 4.74 Å². The monoisotopic (exact) mass is 399 g/mol. The highest BCUT2D eigenvalue weighted by atomic mass is 16.5. The van der Waals surface area contributed by atoms with E-state index in [0.717, 1.165) is 30.0 Å². The Morgan fingerprint density at radius 1 is 0.933 bits per heavy atom. The van der Waals surface area contributed by atoms with E-state index in [-0.39, 0.29) is 0 Å². The molecular formula is C22H21N7O. The second-order valence-electron chi connectivity index (χ2n) is 6.89. The molecule has 0 unspecified atom stereocenters. The first kappa shape index (κ1) is 18.3. The van der Waals surface area contributed by atoms with Crippen LogP contribution in [0.5, 0.6) is 0 Å². The van der Waals surface area contributed by atoms with Crippen LogP contribution in [0.1, 0.15) is 5.56 Å². The maximum atomic E-state index is 5.51. The van der Waals surface area contributed by atoms with Gasteiger partial charge in [-0.05, 0) is 5.56 Å². The van der Waals surface area contributed by atoms with E-state index in [2.05, 4.69) is 25.4 Å². The summed E-state index contributed by atoms with van der Waals surface area (Å²) in [6.07, 6.45) is 1.76. The second kappa shape index (κ2) is 8.30. The predicted octanol–water partition coefficient (Wildman–Crippen LogP) is 3.07. The lowest BCUT2D eigenvalue weighted by atomic mass is 10.2. The number of ether oxygens (including phenoxy) is 1. The van der Waals surface area contributed by atoms with Gasteiger partial charge in [0.15, 0.2) is 11.6 Å². The summed E-state index contributed by atoms with van der Waals surface area (Å²) in [4.78, 5) is 11.5. The summed E-state index contributed by atoms with van der Waals surface area (Å²) in [6, 6.07) is 21.8. The standard InChI is InChI=1S/C22H21N7O/c1-3-7-17(8-4-1)16-23-26-19-15-20(28-11-13-30-14-12-28)29-22(24-19)25-21(27-29)18-9-5-2-6-10-18/h1-10,15-16H,11-14H2,(H,24,25,26,27)/b23-16+. The zero-order valence-electron chi connectivity index (χ0n) is 16.3. The minimum absolute atomic E-state index is 0.523. The lowest BCUT2D eigenvalue weighted by molar-refractivity contribution is 0.122. The van der Waals surface area contributed by atoms with E-state index in [1.807, 2.05) is 66.7 Å². The smallest absolute Gasteiger partial charge is 0.256 e. The largest absolute Gasteiger partial charge is 0.378 e. The Morgan fingerprint density at radius 2 is 1.67 bits per heavy atom. The van der Waals surface area contributed by atoms with Crippen molar-refractivity contribution >= 4 is 23.6 Å². The molecule has 1 saturated heterocycles. The number of fused-ring (bicyclic) bond motifs is 1. The van der Waals surface area contributed by atoms with Gasteiger partial charge in [-0.25, -0.2) is 0 Å². The topological polar surface area (TPSA) is 79.9 Å². The molecule has 1 aliphatic rings. The minimum atomic E-state index is 0.523. The Hall–Kier alpha value is -3.78. The van der Waals surface area contributed by atoms with Gasteiger partial charge in [-0.2, -0.15) is 19.6 Å². The first-order chi connectivity index (χ1) is 14.9. The second-order valence-corrected chi connectivity index (χ2v) is 6.89. The molecular weight excluding hydrogens is 378 g/mol. The molecule has 2 aromatic carbocycles. The first-order valence-corrected chi connectivity index (χ1v) is 9.87. The van der Waals surface area contributed by atoms with Gasteiger partial charge in [-0.3, -0.25) is 5.43 Å². The van der Waals surface area contributed by atoms with Crippen molar-refractivity contribution in [2.75, 3.05) is 36.6 Å². The molecule has 0 bridgehead atoms. The number of hydrazone groups is 1. The predicted molar refractivity (Wildman–Crippen MR) is 117 cm³/mol. The number of aromatic nitrogens is 4. The van der Waals surface area contributed by atoms with Crippen LogP contribution in [0.3, 0.4) is 0 Å². The van der Waals surface area contributed by atoms with Crippen LogP contribution in [-0.4, -0.2) is 52.1 Å². The fourth-order valence-electron chi connectivity index (χ4n) is 3.35. The fourth-order valence-corrected chi connectivity index (χ4v) is 3.35. The molecule has 4 aromatic rings. The molecule has 8 heteroatoms. The molecule has 150 valence electrons. The zero-order valence-corrected chi connectivity index (χ0v) is 16.3. The molecule has 0 atom stereocenters. The summed E-state index contributed by atoms with van der Waals surface area (Å²) >= 11 is 0. The van der Waals surface area contributed by atoms with Gasteiger partial charge < -0.3 is 9.64 Å². The Bertz CT molecular complexity index is 1150. The van der Waals surface area contributed by atoms with Crippen LogP contribution in [-0.2, 0) is 4.74 Å². The van der Waals surface area contributed by atoms with Crippen molar-refractivity contribution in [1.29, 1.82) is 0 Å². The van der Waals surface area contributed by atoms with E-state index in [9.17, 15) is 0 Å². The van der Waals surface area contributed by atoms with Crippen LogP contribution in [0.4, 0.5) is 11.6 Å². The molecule has 0 spiro atoms. The number of rotatable bonds is 5. The Balaban J connectivity index is 1.52. The lowest BCUT2D eigenvalue weighted by Gasteiger charge is -2.28. The Labute approximate surface area is 173 Å². The number of hydrogen-bond donors (Lipinski definition) is 1. The summed E-state index contributed by atoms with van der Waals surface area (Å²) in [5.74, 6) is 2.69. The molecule has 0 amide bonds. The zero-order chi connectivity index (χ0) is 20.2. The van der Waals surface area contributed by atoms with Gasteiger partial charge in [0.2, 0.25) is 0 Å². The molecule has 1 fully saturated rings. The highest BCUT2D eigenvalue weighted by molar-refractivity contribution is 5.80. The molecule has 8 nitrogen and oxygen atoms in total. The molecule has 1 aliphatic heterocycles. The van der Waals surface area contributed by atoms with Crippen LogP contribution in [0.2, 0.25) is 0 Å². The van der Waals surface area contributed by atoms with E-state index in [1.165, 1.54) is 0 Å². The van der Waals surface area contributed by atoms with Crippen LogP contribution in [0, 0.1) is 0 Å². The van der Waals surface area contributed by atoms with Gasteiger partial charge in [-0.1, -0.05) is 60.7 Å². The molecule has 1 N–H and O–H groups in total. The van der Waals surface area contributed by atoms with E-state index in [0.29, 0.717) is 30.6 Å². The highest BCUT2D eigenvalue weighted by Gasteiger charge is 2.19. The van der Waals surface area contributed by atoms with Gasteiger partial charge >= 0.3 is 0 Å². The summed E-state index contributed by atoms with van der Waals surface area (Å²) < 4.78 is 7.30. The summed E-state index contributed by atoms with van der Waals surface area (Å²) in [6.45, 7) is 2.93. The number of morpholine rings is 1. The fraction of sp³-hybridized carbons (Fsp3) is 0.182. The van der Waals surface area contributed by atoms with Crippen LogP contribution in [0.25, 0.3) is 17.2 Å². The first-order valence-electron chi connectivity index (χ1n) is 9.87. The summed E-state index contributed by atoms with van der Waals surface area (Å²) in [7, 11) is 0. The van der Waals surface area contributed by atoms with E-state index in [1.54, 1.807) is 10.7 Å². The van der Waals surface area contributed by atoms with Crippen molar-refractivity contribution in [2.45, 2.75) is 0 Å². The average Bonchev–Trinajstić information content (AvgIpc) is 3.25. The van der Waals surface area contributed by atoms with Gasteiger partial charge in [0.25, 0.3) is 5.78 Å². The van der Waals surface area contributed by atoms with Gasteiger partial charge in [0.1, 0.15) is 5.82 Å². The quantitative estimate of drug-likeness (QED) is 0.410. The molecule has 2 aromatic heterocycles. The summed E-state index contributed by atoms with van der Waals surface area (Å²) in [5.41, 5.74) is 4.99. The molecule has 30 heavy (non-hydrogen) atoms. The maximum Gasteiger partial charge on any atom is 0.256 e. The van der Waals surface area contributed by atoms with E-state index in [4.69, 9.17) is 9.84 Å². The molecule has 5 rings (SSSR count). The van der Waals surface area contributed by atoms with Crippen molar-refractivity contribution in [3.8, 4) is 11.4 Å². The third-order valence-electron chi connectivity index (χ3n) is 4.85. The number of nitrogens with zero attached hydrogens (tertiary/aromatic N) is 6. The average molecular weight is 399 g/mol. The van der Waals surface area contributed by atoms with Crippen molar-refractivity contribution in [3.63, 3.8) is 0 Å². The minimum Gasteiger partial charge on any atom is -0.378 e. The summed E-state index contributed by atoms with van der Waals surface area (Å²) in [5, 5.41) is 9.05.